The fourth-order valence-electron chi connectivity index (χ4n) is 2.92. The Labute approximate surface area is 154 Å². The second-order valence-corrected chi connectivity index (χ2v) is 7.06. The Morgan fingerprint density at radius 1 is 1.50 bits per heavy atom. The minimum Gasteiger partial charge on any atom is -0.389 e. The second kappa shape index (κ2) is 7.92. The van der Waals surface area contributed by atoms with Gasteiger partial charge >= 0.3 is 0 Å². The number of aliphatic hydroxyl groups is 1. The minimum atomic E-state index is -0.861. The topological polar surface area (TPSA) is 121 Å². The SMILES string of the molecule is CCCc1nnsc1C(=O)N1CC[C@@H](NC(=O)c2cc(C)on2)[C@H](O)C1. The van der Waals surface area contributed by atoms with Gasteiger partial charge in [-0.1, -0.05) is 23.0 Å². The molecule has 2 N–H and O–H groups in total. The van der Waals surface area contributed by atoms with Crippen LogP contribution < -0.4 is 5.32 Å². The van der Waals surface area contributed by atoms with E-state index in [4.69, 9.17) is 4.52 Å². The van der Waals surface area contributed by atoms with E-state index in [0.717, 1.165) is 18.0 Å². The van der Waals surface area contributed by atoms with Crippen LogP contribution in [0.3, 0.4) is 0 Å². The maximum atomic E-state index is 12.7. The van der Waals surface area contributed by atoms with Crippen LogP contribution in [0.4, 0.5) is 0 Å². The lowest BCUT2D eigenvalue weighted by Gasteiger charge is -2.35. The summed E-state index contributed by atoms with van der Waals surface area (Å²) in [7, 11) is 0. The molecule has 1 saturated heterocycles. The lowest BCUT2D eigenvalue weighted by atomic mass is 10.0. The third-order valence-corrected chi connectivity index (χ3v) is 5.04. The quantitative estimate of drug-likeness (QED) is 0.788. The van der Waals surface area contributed by atoms with Gasteiger partial charge in [0, 0.05) is 19.2 Å². The van der Waals surface area contributed by atoms with Crippen molar-refractivity contribution in [3.8, 4) is 0 Å². The number of piperidine rings is 1. The number of aromatic nitrogens is 3. The second-order valence-electron chi connectivity index (χ2n) is 6.31. The van der Waals surface area contributed by atoms with Crippen molar-refractivity contribution < 1.29 is 19.2 Å². The Morgan fingerprint density at radius 2 is 2.31 bits per heavy atom. The molecule has 140 valence electrons. The maximum absolute atomic E-state index is 12.7. The van der Waals surface area contributed by atoms with Crippen LogP contribution >= 0.6 is 11.5 Å². The summed E-state index contributed by atoms with van der Waals surface area (Å²) in [5.74, 6) is -0.0286. The molecule has 26 heavy (non-hydrogen) atoms. The summed E-state index contributed by atoms with van der Waals surface area (Å²) in [5.41, 5.74) is 0.877. The van der Waals surface area contributed by atoms with E-state index in [-0.39, 0.29) is 18.1 Å². The molecule has 0 aromatic carbocycles. The Hall–Kier alpha value is -2.33. The normalized spacial score (nSPS) is 20.2. The van der Waals surface area contributed by atoms with Crippen LogP contribution in [0, 0.1) is 6.92 Å². The molecule has 2 aromatic rings. The smallest absolute Gasteiger partial charge is 0.273 e. The summed E-state index contributed by atoms with van der Waals surface area (Å²) in [4.78, 5) is 27.0. The molecular formula is C16H21N5O4S. The van der Waals surface area contributed by atoms with Crippen molar-refractivity contribution in [2.24, 2.45) is 0 Å². The lowest BCUT2D eigenvalue weighted by Crippen LogP contribution is -2.55. The number of nitrogens with zero attached hydrogens (tertiary/aromatic N) is 4. The largest absolute Gasteiger partial charge is 0.389 e. The summed E-state index contributed by atoms with van der Waals surface area (Å²) >= 11 is 1.08. The summed E-state index contributed by atoms with van der Waals surface area (Å²) < 4.78 is 8.76. The van der Waals surface area contributed by atoms with Gasteiger partial charge in [0.2, 0.25) is 0 Å². The summed E-state index contributed by atoms with van der Waals surface area (Å²) in [6.45, 7) is 4.29. The summed E-state index contributed by atoms with van der Waals surface area (Å²) in [6.07, 6.45) is 1.17. The molecule has 1 aliphatic rings. The van der Waals surface area contributed by atoms with Crippen molar-refractivity contribution >= 4 is 23.3 Å². The third kappa shape index (κ3) is 3.91. The van der Waals surface area contributed by atoms with E-state index in [2.05, 4.69) is 20.1 Å². The first-order chi connectivity index (χ1) is 12.5. The molecule has 0 aliphatic carbocycles. The number of aryl methyl sites for hydroxylation is 2. The number of likely N-dealkylation sites (tertiary alicyclic amines) is 1. The molecule has 1 aliphatic heterocycles. The average molecular weight is 379 g/mol. The lowest BCUT2D eigenvalue weighted by molar-refractivity contribution is 0.0316. The van der Waals surface area contributed by atoms with Gasteiger partial charge in [-0.3, -0.25) is 9.59 Å². The van der Waals surface area contributed by atoms with E-state index in [1.165, 1.54) is 6.07 Å². The van der Waals surface area contributed by atoms with Crippen molar-refractivity contribution in [3.63, 3.8) is 0 Å². The molecule has 0 saturated carbocycles. The van der Waals surface area contributed by atoms with Gasteiger partial charge in [-0.25, -0.2) is 0 Å². The van der Waals surface area contributed by atoms with Crippen LogP contribution in [0.1, 0.15) is 51.4 Å². The average Bonchev–Trinajstić information content (AvgIpc) is 3.25. The van der Waals surface area contributed by atoms with Crippen LogP contribution in [0.5, 0.6) is 0 Å². The number of carbonyl (C=O) groups is 2. The predicted octanol–water partition coefficient (Wildman–Crippen LogP) is 0.792. The molecule has 2 amide bonds. The minimum absolute atomic E-state index is 0.144. The molecule has 0 unspecified atom stereocenters. The highest BCUT2D eigenvalue weighted by atomic mass is 32.1. The fourth-order valence-corrected chi connectivity index (χ4v) is 3.59. The first-order valence-corrected chi connectivity index (χ1v) is 9.29. The van der Waals surface area contributed by atoms with Gasteiger partial charge < -0.3 is 19.8 Å². The van der Waals surface area contributed by atoms with Gasteiger partial charge in [0.05, 0.1) is 17.8 Å². The Morgan fingerprint density at radius 3 is 2.96 bits per heavy atom. The monoisotopic (exact) mass is 379 g/mol. The number of amides is 2. The highest BCUT2D eigenvalue weighted by molar-refractivity contribution is 7.08. The van der Waals surface area contributed by atoms with Gasteiger partial charge in [-0.2, -0.15) is 0 Å². The van der Waals surface area contributed by atoms with Crippen molar-refractivity contribution in [2.45, 2.75) is 45.3 Å². The molecular weight excluding hydrogens is 358 g/mol. The van der Waals surface area contributed by atoms with Crippen molar-refractivity contribution in [1.82, 2.24) is 25.0 Å². The number of rotatable bonds is 5. The number of carbonyl (C=O) groups excluding carboxylic acids is 2. The van der Waals surface area contributed by atoms with Crippen molar-refractivity contribution in [2.75, 3.05) is 13.1 Å². The van der Waals surface area contributed by atoms with Crippen LogP contribution in [-0.2, 0) is 6.42 Å². The molecule has 0 spiro atoms. The number of nitrogens with one attached hydrogen (secondary N) is 1. The van der Waals surface area contributed by atoms with Gasteiger partial charge in [0.25, 0.3) is 11.8 Å². The number of hydrogen-bond donors (Lipinski definition) is 2. The van der Waals surface area contributed by atoms with Crippen LogP contribution in [-0.4, -0.2) is 61.8 Å². The first-order valence-electron chi connectivity index (χ1n) is 8.52. The van der Waals surface area contributed by atoms with Crippen LogP contribution in [0.25, 0.3) is 0 Å². The molecule has 0 bridgehead atoms. The zero-order valence-electron chi connectivity index (χ0n) is 14.6. The molecule has 9 nitrogen and oxygen atoms in total. The Kier molecular flexibility index (Phi) is 5.62. The van der Waals surface area contributed by atoms with E-state index in [1.807, 2.05) is 6.92 Å². The molecule has 2 atom stereocenters. The fraction of sp³-hybridized carbons (Fsp3) is 0.562. The zero-order chi connectivity index (χ0) is 18.7. The molecule has 3 heterocycles. The van der Waals surface area contributed by atoms with E-state index in [9.17, 15) is 14.7 Å². The van der Waals surface area contributed by atoms with E-state index in [1.54, 1.807) is 11.8 Å². The standard InChI is InChI=1S/C16H21N5O4S/c1-3-4-11-14(26-20-18-11)16(24)21-6-5-10(13(22)8-21)17-15(23)12-7-9(2)25-19-12/h7,10,13,22H,3-6,8H2,1-2H3,(H,17,23)/t10-,13-/m1/s1. The number of aliphatic hydroxyl groups excluding tert-OH is 1. The summed E-state index contributed by atoms with van der Waals surface area (Å²) in [6, 6.07) is 1.09. The third-order valence-electron chi connectivity index (χ3n) is 4.28. The highest BCUT2D eigenvalue weighted by Crippen LogP contribution is 2.19. The number of hydrogen-bond acceptors (Lipinski definition) is 8. The molecule has 10 heteroatoms. The van der Waals surface area contributed by atoms with Crippen molar-refractivity contribution in [3.05, 3.63) is 28.1 Å². The molecule has 2 aromatic heterocycles. The van der Waals surface area contributed by atoms with E-state index in [0.29, 0.717) is 35.7 Å². The summed E-state index contributed by atoms with van der Waals surface area (Å²) in [5, 5.41) is 20.8. The van der Waals surface area contributed by atoms with E-state index < -0.39 is 18.1 Å². The maximum Gasteiger partial charge on any atom is 0.273 e. The van der Waals surface area contributed by atoms with Gasteiger partial charge in [0.15, 0.2) is 5.69 Å². The van der Waals surface area contributed by atoms with Crippen molar-refractivity contribution in [1.29, 1.82) is 0 Å². The van der Waals surface area contributed by atoms with E-state index >= 15 is 0 Å². The Balaban J connectivity index is 1.60. The Bertz CT molecular complexity index is 789. The van der Waals surface area contributed by atoms with Gasteiger partial charge in [0.1, 0.15) is 10.6 Å². The molecule has 3 rings (SSSR count). The predicted molar refractivity (Wildman–Crippen MR) is 92.9 cm³/mol. The highest BCUT2D eigenvalue weighted by Gasteiger charge is 2.33. The number of β-amino-alcohol motifs (C(OH)–C–C–N with tert-alkyl or cyclic N) is 1. The molecule has 0 radical (unpaired) electrons. The van der Waals surface area contributed by atoms with Crippen LogP contribution in [0.2, 0.25) is 0 Å². The molecule has 1 fully saturated rings. The van der Waals surface area contributed by atoms with Gasteiger partial charge in [-0.05, 0) is 31.3 Å². The first kappa shape index (κ1) is 18.5. The zero-order valence-corrected chi connectivity index (χ0v) is 15.5. The van der Waals surface area contributed by atoms with Crippen LogP contribution in [0.15, 0.2) is 10.6 Å². The van der Waals surface area contributed by atoms with Gasteiger partial charge in [-0.15, -0.1) is 5.10 Å².